The van der Waals surface area contributed by atoms with Crippen LogP contribution in [0.1, 0.15) is 71.5 Å². The lowest BCUT2D eigenvalue weighted by atomic mass is 9.93. The van der Waals surface area contributed by atoms with E-state index in [1.165, 1.54) is 67.5 Å². The molecule has 4 aromatic heterocycles. The molecular weight excluding hydrogens is 489 g/mol. The van der Waals surface area contributed by atoms with E-state index >= 15 is 0 Å². The maximum absolute atomic E-state index is 2.51. The molecule has 4 heterocycles. The Labute approximate surface area is 220 Å². The van der Waals surface area contributed by atoms with Crippen molar-refractivity contribution in [1.82, 2.24) is 0 Å². The standard InChI is InChI=1S/C30H34S4/c1-8-18-14-24(34-22(18)12-5)28-26-20(10-3)17(7)32-30(26)27(23-13-16(6)21(11-4)33-23)25-19(9-2)15-31-29(25)28/h13-15H,8-12H2,1-7H3. The Bertz CT molecular complexity index is 1480. The number of rotatable bonds is 7. The smallest absolute Gasteiger partial charge is 0.0448 e. The van der Waals surface area contributed by atoms with Gasteiger partial charge in [0.25, 0.3) is 0 Å². The van der Waals surface area contributed by atoms with E-state index in [9.17, 15) is 0 Å². The zero-order valence-electron chi connectivity index (χ0n) is 21.4. The molecule has 0 aliphatic heterocycles. The summed E-state index contributed by atoms with van der Waals surface area (Å²) in [6.45, 7) is 16.2. The van der Waals surface area contributed by atoms with E-state index in [0.29, 0.717) is 0 Å². The fourth-order valence-corrected chi connectivity index (χ4v) is 10.5. The monoisotopic (exact) mass is 522 g/mol. The Kier molecular flexibility index (Phi) is 6.80. The molecule has 0 saturated heterocycles. The van der Waals surface area contributed by atoms with Gasteiger partial charge in [-0.2, -0.15) is 0 Å². The Hall–Kier alpha value is -1.46. The fraction of sp³-hybridized carbons (Fsp3) is 0.400. The lowest BCUT2D eigenvalue weighted by Gasteiger charge is -2.13. The Morgan fingerprint density at radius 2 is 1.26 bits per heavy atom. The van der Waals surface area contributed by atoms with Gasteiger partial charge in [-0.05, 0) is 85.7 Å². The van der Waals surface area contributed by atoms with Gasteiger partial charge in [0.1, 0.15) is 0 Å². The summed E-state index contributed by atoms with van der Waals surface area (Å²) in [6, 6.07) is 4.98. The summed E-state index contributed by atoms with van der Waals surface area (Å²) < 4.78 is 3.01. The first-order chi connectivity index (χ1) is 16.5. The quantitative estimate of drug-likeness (QED) is 0.199. The minimum Gasteiger partial charge on any atom is -0.143 e. The van der Waals surface area contributed by atoms with Crippen molar-refractivity contribution < 1.29 is 0 Å². The molecule has 0 aliphatic carbocycles. The molecule has 178 valence electrons. The number of fused-ring (bicyclic) bond motifs is 2. The predicted molar refractivity (Wildman–Crippen MR) is 160 cm³/mol. The van der Waals surface area contributed by atoms with Gasteiger partial charge < -0.3 is 0 Å². The lowest BCUT2D eigenvalue weighted by molar-refractivity contribution is 1.07. The van der Waals surface area contributed by atoms with Crippen molar-refractivity contribution >= 4 is 65.5 Å². The largest absolute Gasteiger partial charge is 0.143 e. The highest BCUT2D eigenvalue weighted by Gasteiger charge is 2.26. The molecule has 34 heavy (non-hydrogen) atoms. The van der Waals surface area contributed by atoms with Gasteiger partial charge in [0.05, 0.1) is 0 Å². The van der Waals surface area contributed by atoms with Gasteiger partial charge in [0, 0.05) is 55.7 Å². The molecular formula is C30H34S4. The fourth-order valence-electron chi connectivity index (χ4n) is 5.44. The van der Waals surface area contributed by atoms with Crippen molar-refractivity contribution in [2.45, 2.75) is 80.6 Å². The van der Waals surface area contributed by atoms with Crippen molar-refractivity contribution in [3.05, 3.63) is 54.4 Å². The first-order valence-corrected chi connectivity index (χ1v) is 16.0. The summed E-state index contributed by atoms with van der Waals surface area (Å²) >= 11 is 8.06. The molecule has 0 nitrogen and oxygen atoms in total. The third-order valence-electron chi connectivity index (χ3n) is 7.20. The normalized spacial score (nSPS) is 12.0. The highest BCUT2D eigenvalue weighted by atomic mass is 32.1. The second-order valence-corrected chi connectivity index (χ2v) is 13.5. The maximum Gasteiger partial charge on any atom is 0.0448 e. The molecule has 0 saturated carbocycles. The second-order valence-electron chi connectivity index (χ2n) is 9.10. The van der Waals surface area contributed by atoms with E-state index < -0.39 is 0 Å². The minimum atomic E-state index is 1.08. The summed E-state index contributed by atoms with van der Waals surface area (Å²) in [5, 5.41) is 5.50. The van der Waals surface area contributed by atoms with Crippen molar-refractivity contribution in [1.29, 1.82) is 0 Å². The van der Waals surface area contributed by atoms with Gasteiger partial charge >= 0.3 is 0 Å². The van der Waals surface area contributed by atoms with Crippen LogP contribution in [0.3, 0.4) is 0 Å². The summed E-state index contributed by atoms with van der Waals surface area (Å²) in [5.74, 6) is 0. The topological polar surface area (TPSA) is 0 Å². The highest BCUT2D eigenvalue weighted by Crippen LogP contribution is 2.54. The van der Waals surface area contributed by atoms with Crippen LogP contribution in [0.4, 0.5) is 0 Å². The van der Waals surface area contributed by atoms with Crippen LogP contribution in [0.5, 0.6) is 0 Å². The number of benzene rings is 1. The summed E-state index contributed by atoms with van der Waals surface area (Å²) in [6.07, 6.45) is 5.53. The lowest BCUT2D eigenvalue weighted by Crippen LogP contribution is -1.88. The van der Waals surface area contributed by atoms with Gasteiger partial charge in [0.15, 0.2) is 0 Å². The van der Waals surface area contributed by atoms with Gasteiger partial charge in [0.2, 0.25) is 0 Å². The van der Waals surface area contributed by atoms with Crippen molar-refractivity contribution in [3.8, 4) is 20.9 Å². The molecule has 0 amide bonds. The molecule has 4 heteroatoms. The van der Waals surface area contributed by atoms with Gasteiger partial charge in [-0.1, -0.05) is 34.6 Å². The Balaban J connectivity index is 1.99. The van der Waals surface area contributed by atoms with E-state index in [1.807, 2.05) is 45.3 Å². The first-order valence-electron chi connectivity index (χ1n) is 12.7. The van der Waals surface area contributed by atoms with Crippen molar-refractivity contribution in [2.24, 2.45) is 0 Å². The molecule has 5 aromatic rings. The molecule has 0 spiro atoms. The van der Waals surface area contributed by atoms with Crippen molar-refractivity contribution in [2.75, 3.05) is 0 Å². The zero-order chi connectivity index (χ0) is 24.1. The van der Waals surface area contributed by atoms with Gasteiger partial charge in [-0.3, -0.25) is 0 Å². The van der Waals surface area contributed by atoms with E-state index in [-0.39, 0.29) is 0 Å². The number of aryl methyl sites for hydroxylation is 7. The highest BCUT2D eigenvalue weighted by molar-refractivity contribution is 7.23. The SMILES string of the molecule is CCc1cc(-c2c3scc(CC)c3c(-c3cc(C)c(CC)s3)c3sc(C)c(CC)c23)sc1CC. The van der Waals surface area contributed by atoms with Crippen molar-refractivity contribution in [3.63, 3.8) is 0 Å². The molecule has 0 N–H and O–H groups in total. The van der Waals surface area contributed by atoms with Crippen LogP contribution in [0, 0.1) is 13.8 Å². The molecule has 0 unspecified atom stereocenters. The van der Waals surface area contributed by atoms with Crippen LogP contribution in [-0.4, -0.2) is 0 Å². The molecule has 0 atom stereocenters. The van der Waals surface area contributed by atoms with Crippen LogP contribution in [0.2, 0.25) is 0 Å². The molecule has 0 radical (unpaired) electrons. The average molecular weight is 523 g/mol. The average Bonchev–Trinajstić information content (AvgIpc) is 3.60. The molecule has 0 fully saturated rings. The number of hydrogen-bond donors (Lipinski definition) is 0. The molecule has 1 aromatic carbocycles. The number of thiophene rings is 4. The predicted octanol–water partition coefficient (Wildman–Crippen LogP) is 11.0. The molecule has 0 bridgehead atoms. The first kappa shape index (κ1) is 24.2. The minimum absolute atomic E-state index is 1.08. The third kappa shape index (κ3) is 3.64. The zero-order valence-corrected chi connectivity index (χ0v) is 24.7. The van der Waals surface area contributed by atoms with Gasteiger partial charge in [-0.25, -0.2) is 0 Å². The van der Waals surface area contributed by atoms with Crippen LogP contribution < -0.4 is 0 Å². The summed E-state index contributed by atoms with van der Waals surface area (Å²) in [7, 11) is 0. The van der Waals surface area contributed by atoms with Crippen LogP contribution in [-0.2, 0) is 32.1 Å². The molecule has 0 aliphatic rings. The van der Waals surface area contributed by atoms with Crippen LogP contribution >= 0.6 is 45.3 Å². The van der Waals surface area contributed by atoms with E-state index in [2.05, 4.69) is 66.0 Å². The Morgan fingerprint density at radius 1 is 0.618 bits per heavy atom. The Morgan fingerprint density at radius 3 is 1.85 bits per heavy atom. The van der Waals surface area contributed by atoms with Crippen LogP contribution in [0.15, 0.2) is 17.5 Å². The second kappa shape index (κ2) is 9.54. The van der Waals surface area contributed by atoms with Crippen LogP contribution in [0.25, 0.3) is 41.1 Å². The van der Waals surface area contributed by atoms with E-state index in [4.69, 9.17) is 0 Å². The maximum atomic E-state index is 2.51. The third-order valence-corrected chi connectivity index (χ3v) is 12.1. The van der Waals surface area contributed by atoms with E-state index in [0.717, 1.165) is 32.1 Å². The summed E-state index contributed by atoms with van der Waals surface area (Å²) in [4.78, 5) is 7.51. The summed E-state index contributed by atoms with van der Waals surface area (Å²) in [5.41, 5.74) is 9.07. The number of hydrogen-bond acceptors (Lipinski definition) is 4. The van der Waals surface area contributed by atoms with Gasteiger partial charge in [-0.15, -0.1) is 45.3 Å². The van der Waals surface area contributed by atoms with E-state index in [1.54, 1.807) is 10.4 Å². The molecule has 5 rings (SSSR count).